The van der Waals surface area contributed by atoms with E-state index in [0.29, 0.717) is 29.9 Å². The minimum Gasteiger partial charge on any atom is -0.351 e. The Hall–Kier alpha value is -1.90. The molecule has 1 aliphatic heterocycles. The molecule has 1 aromatic heterocycles. The Morgan fingerprint density at radius 2 is 1.93 bits per heavy atom. The summed E-state index contributed by atoms with van der Waals surface area (Å²) in [5.74, 6) is -0.157. The summed E-state index contributed by atoms with van der Waals surface area (Å²) in [5, 5.41) is 5.11. The lowest BCUT2D eigenvalue weighted by molar-refractivity contribution is 0.0930. The Morgan fingerprint density at radius 3 is 2.59 bits per heavy atom. The molecule has 1 aliphatic rings. The maximum absolute atomic E-state index is 12.3. The third-order valence-corrected chi connectivity index (χ3v) is 6.58. The Labute approximate surface area is 164 Å². The first kappa shape index (κ1) is 19.9. The van der Waals surface area contributed by atoms with Crippen LogP contribution in [0.2, 0.25) is 0 Å². The average Bonchev–Trinajstić information content (AvgIpc) is 3.05. The van der Waals surface area contributed by atoms with Crippen molar-refractivity contribution in [2.24, 2.45) is 0 Å². The molecular weight excluding hydrogens is 382 g/mol. The number of anilines is 1. The molecule has 0 spiro atoms. The minimum atomic E-state index is -3.32. The van der Waals surface area contributed by atoms with Gasteiger partial charge in [0, 0.05) is 41.3 Å². The molecule has 0 bridgehead atoms. The highest BCUT2D eigenvalue weighted by Crippen LogP contribution is 2.35. The molecule has 2 N–H and O–H groups in total. The second-order valence-corrected chi connectivity index (χ2v) is 9.68. The fourth-order valence-corrected chi connectivity index (χ4v) is 5.15. The fourth-order valence-electron chi connectivity index (χ4n) is 3.57. The molecule has 27 heavy (non-hydrogen) atoms. The zero-order chi connectivity index (χ0) is 19.6. The number of benzene rings is 1. The summed E-state index contributed by atoms with van der Waals surface area (Å²) in [6, 6.07) is 9.43. The van der Waals surface area contributed by atoms with Crippen LogP contribution in [0.25, 0.3) is 0 Å². The lowest BCUT2D eigenvalue weighted by Gasteiger charge is -2.38. The predicted molar refractivity (Wildman–Crippen MR) is 110 cm³/mol. The van der Waals surface area contributed by atoms with E-state index in [1.165, 1.54) is 10.4 Å². The van der Waals surface area contributed by atoms with E-state index >= 15 is 0 Å². The van der Waals surface area contributed by atoms with Crippen LogP contribution in [0.1, 0.15) is 40.7 Å². The van der Waals surface area contributed by atoms with Crippen LogP contribution in [0.3, 0.4) is 0 Å². The number of amides is 1. The van der Waals surface area contributed by atoms with E-state index in [4.69, 9.17) is 0 Å². The van der Waals surface area contributed by atoms with Gasteiger partial charge >= 0.3 is 0 Å². The van der Waals surface area contributed by atoms with Crippen LogP contribution < -0.4 is 10.0 Å². The van der Waals surface area contributed by atoms with E-state index in [-0.39, 0.29) is 5.91 Å². The lowest BCUT2D eigenvalue weighted by atomic mass is 9.97. The fraction of sp³-hybridized carbons (Fsp3) is 0.421. The molecule has 0 unspecified atom stereocenters. The highest BCUT2D eigenvalue weighted by atomic mass is 32.2. The van der Waals surface area contributed by atoms with Gasteiger partial charge < -0.3 is 5.32 Å². The smallest absolute Gasteiger partial charge is 0.251 e. The normalized spacial score (nSPS) is 20.1. The molecule has 0 saturated heterocycles. The van der Waals surface area contributed by atoms with E-state index in [1.54, 1.807) is 35.6 Å². The molecule has 2 heterocycles. The highest BCUT2D eigenvalue weighted by Gasteiger charge is 2.29. The molecule has 0 saturated carbocycles. The van der Waals surface area contributed by atoms with Gasteiger partial charge in [0.15, 0.2) is 0 Å². The number of hydrogen-bond acceptors (Lipinski definition) is 5. The standard InChI is InChI=1S/C19H25N3O3S2/c1-13-12-16-8-11-26-18(16)14(2)22(13)10-9-20-19(23)15-4-6-17(7-5-15)21-27(3,24)25/h4-8,11,13-14,21H,9-10,12H2,1-3H3,(H,20,23)/t13-,14-/m1/s1. The summed E-state index contributed by atoms with van der Waals surface area (Å²) >= 11 is 1.80. The van der Waals surface area contributed by atoms with Crippen molar-refractivity contribution in [3.05, 3.63) is 51.7 Å². The molecule has 0 radical (unpaired) electrons. The highest BCUT2D eigenvalue weighted by molar-refractivity contribution is 7.92. The first-order valence-corrected chi connectivity index (χ1v) is 11.7. The third kappa shape index (κ3) is 4.88. The van der Waals surface area contributed by atoms with Gasteiger partial charge in [-0.3, -0.25) is 14.4 Å². The molecular formula is C19H25N3O3S2. The monoisotopic (exact) mass is 407 g/mol. The van der Waals surface area contributed by atoms with Crippen molar-refractivity contribution in [3.8, 4) is 0 Å². The zero-order valence-corrected chi connectivity index (χ0v) is 17.4. The van der Waals surface area contributed by atoms with Crippen LogP contribution in [-0.2, 0) is 16.4 Å². The maximum atomic E-state index is 12.3. The number of carbonyl (C=O) groups is 1. The van der Waals surface area contributed by atoms with Crippen molar-refractivity contribution < 1.29 is 13.2 Å². The molecule has 1 amide bonds. The number of sulfonamides is 1. The summed E-state index contributed by atoms with van der Waals surface area (Å²) in [4.78, 5) is 16.2. The van der Waals surface area contributed by atoms with Crippen LogP contribution in [0.4, 0.5) is 5.69 Å². The van der Waals surface area contributed by atoms with E-state index in [1.807, 2.05) is 0 Å². The first-order chi connectivity index (χ1) is 12.7. The van der Waals surface area contributed by atoms with E-state index in [0.717, 1.165) is 19.2 Å². The van der Waals surface area contributed by atoms with Gasteiger partial charge in [-0.15, -0.1) is 11.3 Å². The van der Waals surface area contributed by atoms with Crippen molar-refractivity contribution in [2.45, 2.75) is 32.4 Å². The quantitative estimate of drug-likeness (QED) is 0.772. The number of carbonyl (C=O) groups excluding carboxylic acids is 1. The Bertz CT molecular complexity index is 907. The molecule has 146 valence electrons. The van der Waals surface area contributed by atoms with Gasteiger partial charge in [-0.25, -0.2) is 8.42 Å². The summed E-state index contributed by atoms with van der Waals surface area (Å²) in [5.41, 5.74) is 2.40. The topological polar surface area (TPSA) is 78.5 Å². The van der Waals surface area contributed by atoms with Gasteiger partial charge in [-0.05, 0) is 61.5 Å². The van der Waals surface area contributed by atoms with Crippen molar-refractivity contribution in [1.29, 1.82) is 0 Å². The molecule has 3 rings (SSSR count). The molecule has 2 aromatic rings. The number of rotatable bonds is 6. The van der Waals surface area contributed by atoms with Crippen molar-refractivity contribution in [3.63, 3.8) is 0 Å². The summed E-state index contributed by atoms with van der Waals surface area (Å²) in [7, 11) is -3.32. The zero-order valence-electron chi connectivity index (χ0n) is 15.7. The number of nitrogens with one attached hydrogen (secondary N) is 2. The molecule has 0 aliphatic carbocycles. The lowest BCUT2D eigenvalue weighted by Crippen LogP contribution is -2.44. The van der Waals surface area contributed by atoms with Gasteiger partial charge in [0.2, 0.25) is 10.0 Å². The number of thiophene rings is 1. The van der Waals surface area contributed by atoms with Crippen LogP contribution >= 0.6 is 11.3 Å². The van der Waals surface area contributed by atoms with Crippen LogP contribution in [0, 0.1) is 0 Å². The minimum absolute atomic E-state index is 0.157. The van der Waals surface area contributed by atoms with Crippen LogP contribution in [0.15, 0.2) is 35.7 Å². The Morgan fingerprint density at radius 1 is 1.22 bits per heavy atom. The third-order valence-electron chi connectivity index (χ3n) is 4.85. The molecule has 6 nitrogen and oxygen atoms in total. The maximum Gasteiger partial charge on any atom is 0.251 e. The summed E-state index contributed by atoms with van der Waals surface area (Å²) in [6.07, 6.45) is 2.14. The van der Waals surface area contributed by atoms with Crippen LogP contribution in [0.5, 0.6) is 0 Å². The molecule has 8 heteroatoms. The largest absolute Gasteiger partial charge is 0.351 e. The van der Waals surface area contributed by atoms with E-state index < -0.39 is 10.0 Å². The summed E-state index contributed by atoms with van der Waals surface area (Å²) in [6.45, 7) is 5.81. The summed E-state index contributed by atoms with van der Waals surface area (Å²) < 4.78 is 24.8. The second-order valence-electron chi connectivity index (χ2n) is 6.98. The van der Waals surface area contributed by atoms with Crippen molar-refractivity contribution >= 4 is 33.0 Å². The van der Waals surface area contributed by atoms with Gasteiger partial charge in [0.05, 0.1) is 6.26 Å². The van der Waals surface area contributed by atoms with Gasteiger partial charge in [-0.1, -0.05) is 0 Å². The molecule has 2 atom stereocenters. The first-order valence-electron chi connectivity index (χ1n) is 8.92. The molecule has 1 aromatic carbocycles. The van der Waals surface area contributed by atoms with Gasteiger partial charge in [0.25, 0.3) is 5.91 Å². The SMILES string of the molecule is C[C@@H]1Cc2ccsc2[C@@H](C)N1CCNC(=O)c1ccc(NS(C)(=O)=O)cc1. The van der Waals surface area contributed by atoms with Crippen LogP contribution in [-0.4, -0.2) is 44.6 Å². The van der Waals surface area contributed by atoms with E-state index in [9.17, 15) is 13.2 Å². The number of hydrogen-bond donors (Lipinski definition) is 2. The van der Waals surface area contributed by atoms with Gasteiger partial charge in [-0.2, -0.15) is 0 Å². The Kier molecular flexibility index (Phi) is 5.88. The second kappa shape index (κ2) is 8.00. The average molecular weight is 408 g/mol. The number of fused-ring (bicyclic) bond motifs is 1. The van der Waals surface area contributed by atoms with Gasteiger partial charge in [0.1, 0.15) is 0 Å². The number of nitrogens with zero attached hydrogens (tertiary/aromatic N) is 1. The van der Waals surface area contributed by atoms with E-state index in [2.05, 4.69) is 40.2 Å². The van der Waals surface area contributed by atoms with Crippen molar-refractivity contribution in [2.75, 3.05) is 24.1 Å². The van der Waals surface area contributed by atoms with Crippen molar-refractivity contribution in [1.82, 2.24) is 10.2 Å². The predicted octanol–water partition coefficient (Wildman–Crippen LogP) is 2.86. The molecule has 0 fully saturated rings. The Balaban J connectivity index is 1.54.